The highest BCUT2D eigenvalue weighted by molar-refractivity contribution is 9.10. The van der Waals surface area contributed by atoms with Crippen LogP contribution in [0.25, 0.3) is 0 Å². The summed E-state index contributed by atoms with van der Waals surface area (Å²) in [6.07, 6.45) is 0.555. The number of nitrogens with zero attached hydrogens (tertiary/aromatic N) is 2. The minimum Gasteiger partial charge on any atom is -0.473 e. The molecule has 1 saturated heterocycles. The molecule has 1 heterocycles. The fourth-order valence-corrected chi connectivity index (χ4v) is 2.35. The quantitative estimate of drug-likeness (QED) is 0.633. The average molecular weight is 416 g/mol. The van der Waals surface area contributed by atoms with Gasteiger partial charge in [-0.3, -0.25) is 4.79 Å². The van der Waals surface area contributed by atoms with E-state index in [-0.39, 0.29) is 5.91 Å². The van der Waals surface area contributed by atoms with E-state index in [4.69, 9.17) is 19.8 Å². The largest absolute Gasteiger partial charge is 0.473 e. The molecule has 0 spiro atoms. The minimum absolute atomic E-state index is 0.0845. The lowest BCUT2D eigenvalue weighted by molar-refractivity contribution is -0.159. The first-order valence-corrected chi connectivity index (χ1v) is 8.49. The van der Waals surface area contributed by atoms with Crippen molar-refractivity contribution in [2.45, 2.75) is 6.42 Å². The molecule has 1 aromatic carbocycles. The minimum atomic E-state index is -1.82. The van der Waals surface area contributed by atoms with Gasteiger partial charge in [0.2, 0.25) is 5.91 Å². The van der Waals surface area contributed by atoms with Gasteiger partial charge in [-0.05, 0) is 31.3 Å². The summed E-state index contributed by atoms with van der Waals surface area (Å²) >= 11 is 3.38. The van der Waals surface area contributed by atoms with Gasteiger partial charge in [-0.15, -0.1) is 0 Å². The van der Waals surface area contributed by atoms with Crippen LogP contribution in [-0.4, -0.2) is 77.6 Å². The van der Waals surface area contributed by atoms with Crippen LogP contribution in [0.3, 0.4) is 0 Å². The van der Waals surface area contributed by atoms with Gasteiger partial charge in [0.05, 0.1) is 0 Å². The van der Waals surface area contributed by atoms with E-state index in [2.05, 4.69) is 38.1 Å². The number of likely N-dealkylation sites (N-methyl/N-ethyl adjacent to an activating group) is 1. The number of hydrogen-bond acceptors (Lipinski definition) is 5. The summed E-state index contributed by atoms with van der Waals surface area (Å²) in [5.74, 6) is -3.56. The number of carbonyl (C=O) groups is 3. The highest BCUT2D eigenvalue weighted by Gasteiger charge is 2.14. The Bertz CT molecular complexity index is 574. The fraction of sp³-hybridized carbons (Fsp3) is 0.438. The zero-order valence-corrected chi connectivity index (χ0v) is 15.5. The van der Waals surface area contributed by atoms with Gasteiger partial charge in [-0.25, -0.2) is 9.59 Å². The number of rotatable bonds is 4. The van der Waals surface area contributed by atoms with Crippen LogP contribution < -0.4 is 5.32 Å². The lowest BCUT2D eigenvalue weighted by Crippen LogP contribution is -2.45. The molecule has 2 rings (SSSR count). The molecule has 0 saturated carbocycles. The van der Waals surface area contributed by atoms with Crippen molar-refractivity contribution < 1.29 is 24.6 Å². The van der Waals surface area contributed by atoms with Crippen LogP contribution in [0.1, 0.15) is 6.42 Å². The van der Waals surface area contributed by atoms with E-state index in [0.29, 0.717) is 6.42 Å². The third kappa shape index (κ3) is 9.18. The number of benzene rings is 1. The maximum absolute atomic E-state index is 11.8. The van der Waals surface area contributed by atoms with Gasteiger partial charge in [0.25, 0.3) is 0 Å². The molecule has 0 unspecified atom stereocenters. The first-order valence-electron chi connectivity index (χ1n) is 7.70. The molecule has 1 aliphatic rings. The van der Waals surface area contributed by atoms with Gasteiger partial charge in [0.15, 0.2) is 0 Å². The second kappa shape index (κ2) is 10.8. The second-order valence-corrected chi connectivity index (χ2v) is 6.48. The number of hydrogen-bond donors (Lipinski definition) is 3. The molecule has 0 aromatic heterocycles. The molecule has 1 fully saturated rings. The molecule has 25 heavy (non-hydrogen) atoms. The number of piperazine rings is 1. The molecular formula is C16H22BrN3O5. The van der Waals surface area contributed by atoms with Gasteiger partial charge in [-0.1, -0.05) is 15.9 Å². The summed E-state index contributed by atoms with van der Waals surface area (Å²) in [6, 6.07) is 7.65. The molecular weight excluding hydrogens is 394 g/mol. The smallest absolute Gasteiger partial charge is 0.414 e. The summed E-state index contributed by atoms with van der Waals surface area (Å²) in [4.78, 5) is 34.7. The standard InChI is InChI=1S/C14H20BrN3O.C2H2O4/c1-17-8-10-18(11-9-17)7-6-14(19)16-13-4-2-12(15)3-5-13;3-1(4)2(5)6/h2-5H,6-11H2,1H3,(H,16,19);(H,3,4)(H,5,6). The van der Waals surface area contributed by atoms with E-state index in [9.17, 15) is 4.79 Å². The van der Waals surface area contributed by atoms with E-state index >= 15 is 0 Å². The molecule has 1 aromatic rings. The summed E-state index contributed by atoms with van der Waals surface area (Å²) in [6.45, 7) is 5.14. The summed E-state index contributed by atoms with van der Waals surface area (Å²) < 4.78 is 1.02. The summed E-state index contributed by atoms with van der Waals surface area (Å²) in [5, 5.41) is 17.7. The third-order valence-corrected chi connectivity index (χ3v) is 4.09. The second-order valence-electron chi connectivity index (χ2n) is 5.56. The van der Waals surface area contributed by atoms with Gasteiger partial charge in [0.1, 0.15) is 0 Å². The number of amides is 1. The predicted molar refractivity (Wildman–Crippen MR) is 96.6 cm³/mol. The first kappa shape index (κ1) is 21.1. The maximum Gasteiger partial charge on any atom is 0.414 e. The fourth-order valence-electron chi connectivity index (χ4n) is 2.09. The van der Waals surface area contributed by atoms with Crippen LogP contribution in [0.2, 0.25) is 0 Å². The lowest BCUT2D eigenvalue weighted by atomic mass is 10.2. The van der Waals surface area contributed by atoms with Gasteiger partial charge < -0.3 is 25.3 Å². The van der Waals surface area contributed by atoms with Crippen molar-refractivity contribution in [2.24, 2.45) is 0 Å². The summed E-state index contributed by atoms with van der Waals surface area (Å²) in [5.41, 5.74) is 0.853. The Morgan fingerprint density at radius 2 is 1.56 bits per heavy atom. The van der Waals surface area contributed by atoms with Crippen molar-refractivity contribution in [2.75, 3.05) is 45.1 Å². The molecule has 9 heteroatoms. The molecule has 138 valence electrons. The number of nitrogens with one attached hydrogen (secondary N) is 1. The van der Waals surface area contributed by atoms with Crippen LogP contribution in [0, 0.1) is 0 Å². The van der Waals surface area contributed by atoms with Crippen molar-refractivity contribution in [1.82, 2.24) is 9.80 Å². The monoisotopic (exact) mass is 415 g/mol. The molecule has 1 aliphatic heterocycles. The van der Waals surface area contributed by atoms with E-state index in [1.807, 2.05) is 24.3 Å². The van der Waals surface area contributed by atoms with Crippen molar-refractivity contribution >= 4 is 39.5 Å². The zero-order valence-electron chi connectivity index (χ0n) is 13.9. The van der Waals surface area contributed by atoms with Gasteiger partial charge >= 0.3 is 11.9 Å². The molecule has 0 bridgehead atoms. The van der Waals surface area contributed by atoms with E-state index in [1.54, 1.807) is 0 Å². The molecule has 1 amide bonds. The van der Waals surface area contributed by atoms with Crippen molar-refractivity contribution in [1.29, 1.82) is 0 Å². The third-order valence-electron chi connectivity index (χ3n) is 3.56. The Hall–Kier alpha value is -1.97. The van der Waals surface area contributed by atoms with E-state index in [0.717, 1.165) is 42.9 Å². The van der Waals surface area contributed by atoms with Crippen LogP contribution in [0.15, 0.2) is 28.7 Å². The molecule has 0 atom stereocenters. The SMILES string of the molecule is CN1CCN(CCC(=O)Nc2ccc(Br)cc2)CC1.O=C(O)C(=O)O. The highest BCUT2D eigenvalue weighted by Crippen LogP contribution is 2.14. The average Bonchev–Trinajstić information content (AvgIpc) is 2.57. The Morgan fingerprint density at radius 1 is 1.04 bits per heavy atom. The van der Waals surface area contributed by atoms with Crippen molar-refractivity contribution in [3.05, 3.63) is 28.7 Å². The number of carbonyl (C=O) groups excluding carboxylic acids is 1. The Kier molecular flexibility index (Phi) is 9.11. The lowest BCUT2D eigenvalue weighted by Gasteiger charge is -2.32. The number of anilines is 1. The first-order chi connectivity index (χ1) is 11.8. The van der Waals surface area contributed by atoms with Crippen molar-refractivity contribution in [3.63, 3.8) is 0 Å². The van der Waals surface area contributed by atoms with Crippen molar-refractivity contribution in [3.8, 4) is 0 Å². The molecule has 8 nitrogen and oxygen atoms in total. The summed E-state index contributed by atoms with van der Waals surface area (Å²) in [7, 11) is 2.14. The number of carboxylic acids is 2. The Morgan fingerprint density at radius 3 is 2.04 bits per heavy atom. The molecule has 0 aliphatic carbocycles. The van der Waals surface area contributed by atoms with Crippen LogP contribution in [0.4, 0.5) is 5.69 Å². The maximum atomic E-state index is 11.8. The van der Waals surface area contributed by atoms with Gasteiger partial charge in [-0.2, -0.15) is 0 Å². The molecule has 3 N–H and O–H groups in total. The van der Waals surface area contributed by atoms with Crippen LogP contribution in [-0.2, 0) is 14.4 Å². The van der Waals surface area contributed by atoms with E-state index < -0.39 is 11.9 Å². The molecule has 0 radical (unpaired) electrons. The topological polar surface area (TPSA) is 110 Å². The van der Waals surface area contributed by atoms with Crippen LogP contribution >= 0.6 is 15.9 Å². The highest BCUT2D eigenvalue weighted by atomic mass is 79.9. The zero-order chi connectivity index (χ0) is 18.8. The van der Waals surface area contributed by atoms with E-state index in [1.165, 1.54) is 0 Å². The number of aliphatic carboxylic acids is 2. The Labute approximate surface area is 154 Å². The van der Waals surface area contributed by atoms with Crippen LogP contribution in [0.5, 0.6) is 0 Å². The number of carboxylic acid groups (broad SMARTS) is 2. The number of halogens is 1. The predicted octanol–water partition coefficient (Wildman–Crippen LogP) is 1.18. The van der Waals surface area contributed by atoms with Gasteiger partial charge in [0, 0.05) is 49.3 Å². The normalized spacial score (nSPS) is 15.0. The Balaban J connectivity index is 0.000000450.